The van der Waals surface area contributed by atoms with Gasteiger partial charge >= 0.3 is 0 Å². The van der Waals surface area contributed by atoms with Crippen LogP contribution in [-0.2, 0) is 9.59 Å². The van der Waals surface area contributed by atoms with Crippen molar-refractivity contribution in [3.05, 3.63) is 0 Å². The maximum Gasteiger partial charge on any atom is 0.242 e. The maximum atomic E-state index is 12.5. The highest BCUT2D eigenvalue weighted by molar-refractivity contribution is 5.88. The molecule has 0 aliphatic carbocycles. The Hall–Kier alpha value is -1.10. The molecular formula is C13H23N3O2. The van der Waals surface area contributed by atoms with E-state index in [1.165, 1.54) is 0 Å². The summed E-state index contributed by atoms with van der Waals surface area (Å²) in [6.45, 7) is 5.80. The zero-order valence-electron chi connectivity index (χ0n) is 11.3. The van der Waals surface area contributed by atoms with E-state index in [0.29, 0.717) is 19.5 Å². The molecule has 2 fully saturated rings. The Labute approximate surface area is 108 Å². The number of nitrogens with zero attached hydrogens (tertiary/aromatic N) is 1. The number of carbonyl (C=O) groups is 2. The summed E-state index contributed by atoms with van der Waals surface area (Å²) < 4.78 is 0. The molecular weight excluding hydrogens is 230 g/mol. The van der Waals surface area contributed by atoms with E-state index in [0.717, 1.165) is 25.8 Å². The molecule has 0 spiro atoms. The summed E-state index contributed by atoms with van der Waals surface area (Å²) in [7, 11) is 0. The summed E-state index contributed by atoms with van der Waals surface area (Å²) in [4.78, 5) is 25.8. The second-order valence-corrected chi connectivity index (χ2v) is 6.12. The molecule has 0 aromatic carbocycles. The van der Waals surface area contributed by atoms with Crippen LogP contribution in [0, 0.1) is 5.41 Å². The van der Waals surface area contributed by atoms with Gasteiger partial charge in [-0.15, -0.1) is 0 Å². The van der Waals surface area contributed by atoms with E-state index in [4.69, 9.17) is 5.73 Å². The molecule has 102 valence electrons. The van der Waals surface area contributed by atoms with Crippen molar-refractivity contribution in [2.75, 3.05) is 19.6 Å². The fourth-order valence-corrected chi connectivity index (χ4v) is 2.92. The lowest BCUT2D eigenvalue weighted by molar-refractivity contribution is -0.138. The lowest BCUT2D eigenvalue weighted by atomic mass is 9.88. The summed E-state index contributed by atoms with van der Waals surface area (Å²) in [6.07, 6.45) is 3.75. The van der Waals surface area contributed by atoms with Crippen LogP contribution in [0.15, 0.2) is 0 Å². The van der Waals surface area contributed by atoms with Crippen LogP contribution >= 0.6 is 0 Å². The van der Waals surface area contributed by atoms with Gasteiger partial charge in [-0.3, -0.25) is 9.59 Å². The Morgan fingerprint density at radius 1 is 1.22 bits per heavy atom. The third-order valence-corrected chi connectivity index (χ3v) is 4.45. The van der Waals surface area contributed by atoms with Gasteiger partial charge in [-0.2, -0.15) is 0 Å². The monoisotopic (exact) mass is 253 g/mol. The zero-order valence-corrected chi connectivity index (χ0v) is 11.3. The molecule has 5 heteroatoms. The number of carbonyl (C=O) groups excluding carboxylic acids is 2. The fraction of sp³-hybridized carbons (Fsp3) is 0.846. The number of rotatable bonds is 2. The van der Waals surface area contributed by atoms with E-state index in [9.17, 15) is 9.59 Å². The van der Waals surface area contributed by atoms with Gasteiger partial charge in [0.15, 0.2) is 0 Å². The van der Waals surface area contributed by atoms with Gasteiger partial charge in [-0.05, 0) is 46.1 Å². The number of hydrogen-bond donors (Lipinski definition) is 2. The molecule has 2 saturated heterocycles. The van der Waals surface area contributed by atoms with Crippen LogP contribution < -0.4 is 11.1 Å². The Kier molecular flexibility index (Phi) is 3.36. The largest absolute Gasteiger partial charge is 0.369 e. The smallest absolute Gasteiger partial charge is 0.242 e. The Morgan fingerprint density at radius 3 is 2.44 bits per heavy atom. The van der Waals surface area contributed by atoms with Crippen molar-refractivity contribution >= 4 is 11.8 Å². The summed E-state index contributed by atoms with van der Waals surface area (Å²) in [6, 6.07) is 0. The van der Waals surface area contributed by atoms with Crippen LogP contribution in [0.2, 0.25) is 0 Å². The van der Waals surface area contributed by atoms with Gasteiger partial charge in [0.2, 0.25) is 11.8 Å². The van der Waals surface area contributed by atoms with Crippen molar-refractivity contribution in [2.45, 2.75) is 45.1 Å². The summed E-state index contributed by atoms with van der Waals surface area (Å²) in [5, 5.41) is 3.32. The molecule has 18 heavy (non-hydrogen) atoms. The van der Waals surface area contributed by atoms with Crippen molar-refractivity contribution in [3.63, 3.8) is 0 Å². The first kappa shape index (κ1) is 13.3. The molecule has 2 rings (SSSR count). The molecule has 5 nitrogen and oxygen atoms in total. The topological polar surface area (TPSA) is 75.4 Å². The van der Waals surface area contributed by atoms with E-state index in [2.05, 4.69) is 5.32 Å². The second-order valence-electron chi connectivity index (χ2n) is 6.12. The SMILES string of the molecule is CC1(C(N)=O)CCN(C(=O)C2(C)CCCCN2)C1. The predicted octanol–water partition coefficient (Wildman–Crippen LogP) is 0.242. The van der Waals surface area contributed by atoms with Crippen molar-refractivity contribution in [3.8, 4) is 0 Å². The van der Waals surface area contributed by atoms with E-state index in [1.54, 1.807) is 4.90 Å². The highest BCUT2D eigenvalue weighted by Crippen LogP contribution is 2.32. The number of nitrogens with one attached hydrogen (secondary N) is 1. The first-order valence-corrected chi connectivity index (χ1v) is 6.72. The minimum absolute atomic E-state index is 0.118. The molecule has 2 aliphatic rings. The highest BCUT2D eigenvalue weighted by Gasteiger charge is 2.45. The van der Waals surface area contributed by atoms with Gasteiger partial charge < -0.3 is 16.0 Å². The minimum Gasteiger partial charge on any atom is -0.369 e. The molecule has 0 bridgehead atoms. The third kappa shape index (κ3) is 2.23. The van der Waals surface area contributed by atoms with Crippen LogP contribution in [0.25, 0.3) is 0 Å². The Morgan fingerprint density at radius 2 is 1.94 bits per heavy atom. The van der Waals surface area contributed by atoms with E-state index in [-0.39, 0.29) is 11.8 Å². The molecule has 2 atom stereocenters. The standard InChI is InChI=1S/C13H23N3O2/c1-12(10(14)17)6-8-16(9-12)11(18)13(2)5-3-4-7-15-13/h15H,3-9H2,1-2H3,(H2,14,17). The number of piperidine rings is 1. The van der Waals surface area contributed by atoms with Crippen LogP contribution in [0.3, 0.4) is 0 Å². The molecule has 0 saturated carbocycles. The van der Waals surface area contributed by atoms with E-state index < -0.39 is 11.0 Å². The molecule has 2 heterocycles. The number of amides is 2. The molecule has 2 unspecified atom stereocenters. The van der Waals surface area contributed by atoms with Crippen molar-refractivity contribution in [2.24, 2.45) is 11.1 Å². The number of hydrogen-bond acceptors (Lipinski definition) is 3. The Bertz CT molecular complexity index is 363. The molecule has 3 N–H and O–H groups in total. The van der Waals surface area contributed by atoms with E-state index in [1.807, 2.05) is 13.8 Å². The molecule has 2 aliphatic heterocycles. The minimum atomic E-state index is -0.555. The van der Waals surface area contributed by atoms with Gasteiger partial charge in [-0.1, -0.05) is 0 Å². The van der Waals surface area contributed by atoms with Crippen molar-refractivity contribution in [1.82, 2.24) is 10.2 Å². The third-order valence-electron chi connectivity index (χ3n) is 4.45. The second kappa shape index (κ2) is 4.53. The fourth-order valence-electron chi connectivity index (χ4n) is 2.92. The summed E-state index contributed by atoms with van der Waals surface area (Å²) >= 11 is 0. The maximum absolute atomic E-state index is 12.5. The molecule has 0 radical (unpaired) electrons. The van der Waals surface area contributed by atoms with Gasteiger partial charge in [0.25, 0.3) is 0 Å². The number of primary amides is 1. The number of likely N-dealkylation sites (tertiary alicyclic amines) is 1. The summed E-state index contributed by atoms with van der Waals surface area (Å²) in [5.41, 5.74) is 4.40. The number of nitrogens with two attached hydrogens (primary N) is 1. The van der Waals surface area contributed by atoms with Gasteiger partial charge in [0, 0.05) is 13.1 Å². The Balaban J connectivity index is 2.05. The van der Waals surface area contributed by atoms with Crippen molar-refractivity contribution < 1.29 is 9.59 Å². The molecule has 0 aromatic rings. The van der Waals surface area contributed by atoms with Crippen LogP contribution in [0.1, 0.15) is 39.5 Å². The molecule has 0 aromatic heterocycles. The van der Waals surface area contributed by atoms with Gasteiger partial charge in [0.1, 0.15) is 0 Å². The first-order valence-electron chi connectivity index (χ1n) is 6.72. The van der Waals surface area contributed by atoms with Gasteiger partial charge in [0.05, 0.1) is 11.0 Å². The normalized spacial score (nSPS) is 36.7. The molecule has 2 amide bonds. The summed E-state index contributed by atoms with van der Waals surface area (Å²) in [5.74, 6) is -0.188. The van der Waals surface area contributed by atoms with Crippen LogP contribution in [-0.4, -0.2) is 41.9 Å². The van der Waals surface area contributed by atoms with Crippen LogP contribution in [0.5, 0.6) is 0 Å². The quantitative estimate of drug-likeness (QED) is 0.740. The highest BCUT2D eigenvalue weighted by atomic mass is 16.2. The lowest BCUT2D eigenvalue weighted by Gasteiger charge is -2.37. The van der Waals surface area contributed by atoms with Crippen molar-refractivity contribution in [1.29, 1.82) is 0 Å². The van der Waals surface area contributed by atoms with Gasteiger partial charge in [-0.25, -0.2) is 0 Å². The average molecular weight is 253 g/mol. The van der Waals surface area contributed by atoms with E-state index >= 15 is 0 Å². The van der Waals surface area contributed by atoms with Crippen LogP contribution in [0.4, 0.5) is 0 Å². The zero-order chi connectivity index (χ0) is 13.4. The first-order chi connectivity index (χ1) is 8.37. The lowest BCUT2D eigenvalue weighted by Crippen LogP contribution is -2.58. The average Bonchev–Trinajstić information content (AvgIpc) is 2.73. The predicted molar refractivity (Wildman–Crippen MR) is 68.8 cm³/mol.